The third kappa shape index (κ3) is 3.46. The van der Waals surface area contributed by atoms with Crippen molar-refractivity contribution < 1.29 is 13.2 Å². The summed E-state index contributed by atoms with van der Waals surface area (Å²) in [5.74, 6) is 0.316. The molecule has 4 rings (SSSR count). The summed E-state index contributed by atoms with van der Waals surface area (Å²) < 4.78 is 28.5. The van der Waals surface area contributed by atoms with Gasteiger partial charge in [-0.25, -0.2) is 8.42 Å². The minimum atomic E-state index is -3.69. The highest BCUT2D eigenvalue weighted by molar-refractivity contribution is 7.92. The van der Waals surface area contributed by atoms with E-state index in [1.54, 1.807) is 24.3 Å². The van der Waals surface area contributed by atoms with Crippen LogP contribution in [0.3, 0.4) is 0 Å². The number of sulfonamides is 1. The van der Waals surface area contributed by atoms with Crippen molar-refractivity contribution in [1.29, 1.82) is 0 Å². The maximum absolute atomic E-state index is 12.9. The molecule has 0 atom stereocenters. The SMILES string of the molecule is Cc1cccc(S(=O)(=O)Nc2ccc3c(c2)N(C(=O)C2CC2)CCC3)c1C. The first-order valence-corrected chi connectivity index (χ1v) is 10.9. The molecule has 27 heavy (non-hydrogen) atoms. The van der Waals surface area contributed by atoms with E-state index in [9.17, 15) is 13.2 Å². The van der Waals surface area contributed by atoms with Gasteiger partial charge in [0.05, 0.1) is 10.6 Å². The zero-order valence-corrected chi connectivity index (χ0v) is 16.5. The number of anilines is 2. The molecule has 5 nitrogen and oxygen atoms in total. The highest BCUT2D eigenvalue weighted by Crippen LogP contribution is 2.37. The summed E-state index contributed by atoms with van der Waals surface area (Å²) in [5.41, 5.74) is 4.12. The molecule has 0 unspecified atom stereocenters. The molecule has 0 spiro atoms. The zero-order valence-electron chi connectivity index (χ0n) is 15.7. The number of amides is 1. The molecule has 1 fully saturated rings. The predicted octanol–water partition coefficient (Wildman–Crippen LogP) is 3.79. The quantitative estimate of drug-likeness (QED) is 0.872. The van der Waals surface area contributed by atoms with Crippen LogP contribution in [0.4, 0.5) is 11.4 Å². The Morgan fingerprint density at radius 1 is 1.15 bits per heavy atom. The second-order valence-electron chi connectivity index (χ2n) is 7.51. The molecule has 1 aliphatic carbocycles. The van der Waals surface area contributed by atoms with Gasteiger partial charge in [0.15, 0.2) is 0 Å². The van der Waals surface area contributed by atoms with Gasteiger partial charge in [0, 0.05) is 18.2 Å². The summed E-state index contributed by atoms with van der Waals surface area (Å²) in [7, 11) is -3.69. The summed E-state index contributed by atoms with van der Waals surface area (Å²) in [6.45, 7) is 4.41. The van der Waals surface area contributed by atoms with E-state index in [0.29, 0.717) is 12.2 Å². The maximum Gasteiger partial charge on any atom is 0.262 e. The molecule has 0 bridgehead atoms. The molecule has 0 saturated heterocycles. The molecular weight excluding hydrogens is 360 g/mol. The number of aryl methyl sites for hydroxylation is 2. The number of benzene rings is 2. The second-order valence-corrected chi connectivity index (χ2v) is 9.17. The van der Waals surface area contributed by atoms with Gasteiger partial charge in [-0.15, -0.1) is 0 Å². The van der Waals surface area contributed by atoms with Crippen molar-refractivity contribution in [2.45, 2.75) is 44.4 Å². The molecule has 0 aromatic heterocycles. The van der Waals surface area contributed by atoms with Crippen LogP contribution in [0, 0.1) is 19.8 Å². The summed E-state index contributed by atoms with van der Waals surface area (Å²) in [5, 5.41) is 0. The number of hydrogen-bond donors (Lipinski definition) is 1. The van der Waals surface area contributed by atoms with Crippen molar-refractivity contribution in [2.24, 2.45) is 5.92 Å². The van der Waals surface area contributed by atoms with E-state index in [0.717, 1.165) is 48.1 Å². The van der Waals surface area contributed by atoms with Crippen LogP contribution in [-0.4, -0.2) is 20.9 Å². The monoisotopic (exact) mass is 384 g/mol. The standard InChI is InChI=1S/C21H24N2O3S/c1-14-5-3-7-20(15(14)2)27(25,26)22-18-11-10-16-6-4-12-23(19(16)13-18)21(24)17-8-9-17/h3,5,7,10-11,13,17,22H,4,6,8-9,12H2,1-2H3. The number of rotatable bonds is 4. The minimum absolute atomic E-state index is 0.145. The van der Waals surface area contributed by atoms with E-state index < -0.39 is 10.0 Å². The van der Waals surface area contributed by atoms with Crippen LogP contribution in [0.15, 0.2) is 41.3 Å². The fourth-order valence-electron chi connectivity index (χ4n) is 3.64. The van der Waals surface area contributed by atoms with Crippen molar-refractivity contribution in [3.63, 3.8) is 0 Å². The smallest absolute Gasteiger partial charge is 0.262 e. The van der Waals surface area contributed by atoms with E-state index in [4.69, 9.17) is 0 Å². The topological polar surface area (TPSA) is 66.5 Å². The van der Waals surface area contributed by atoms with Gasteiger partial charge in [0.25, 0.3) is 10.0 Å². The molecule has 1 amide bonds. The van der Waals surface area contributed by atoms with Crippen molar-refractivity contribution in [1.82, 2.24) is 0 Å². The molecule has 142 valence electrons. The average Bonchev–Trinajstić information content (AvgIpc) is 3.47. The van der Waals surface area contributed by atoms with Gasteiger partial charge in [-0.05, 0) is 74.4 Å². The Hall–Kier alpha value is -2.34. The fourth-order valence-corrected chi connectivity index (χ4v) is 5.01. The first kappa shape index (κ1) is 18.0. The predicted molar refractivity (Wildman–Crippen MR) is 107 cm³/mol. The van der Waals surface area contributed by atoms with E-state index >= 15 is 0 Å². The lowest BCUT2D eigenvalue weighted by Gasteiger charge is -2.30. The normalized spacial score (nSPS) is 16.7. The Kier molecular flexibility index (Phi) is 4.46. The van der Waals surface area contributed by atoms with E-state index in [1.807, 2.05) is 30.9 Å². The molecule has 0 radical (unpaired) electrons. The highest BCUT2D eigenvalue weighted by atomic mass is 32.2. The van der Waals surface area contributed by atoms with Crippen LogP contribution in [-0.2, 0) is 21.2 Å². The van der Waals surface area contributed by atoms with Gasteiger partial charge < -0.3 is 4.90 Å². The highest BCUT2D eigenvalue weighted by Gasteiger charge is 2.35. The summed E-state index contributed by atoms with van der Waals surface area (Å²) in [6.07, 6.45) is 3.78. The number of hydrogen-bond acceptors (Lipinski definition) is 3. The summed E-state index contributed by atoms with van der Waals surface area (Å²) in [6, 6.07) is 10.8. The Morgan fingerprint density at radius 2 is 1.93 bits per heavy atom. The molecule has 1 heterocycles. The molecule has 1 aliphatic heterocycles. The van der Waals surface area contributed by atoms with E-state index in [1.165, 1.54) is 0 Å². The summed E-state index contributed by atoms with van der Waals surface area (Å²) >= 11 is 0. The molecule has 6 heteroatoms. The first-order chi connectivity index (χ1) is 12.9. The third-order valence-corrected chi connectivity index (χ3v) is 7.02. The Morgan fingerprint density at radius 3 is 2.67 bits per heavy atom. The van der Waals surface area contributed by atoms with Crippen LogP contribution in [0.1, 0.15) is 36.0 Å². The van der Waals surface area contributed by atoms with Crippen LogP contribution in [0.2, 0.25) is 0 Å². The first-order valence-electron chi connectivity index (χ1n) is 9.40. The number of fused-ring (bicyclic) bond motifs is 1. The molecule has 2 aromatic rings. The fraction of sp³-hybridized carbons (Fsp3) is 0.381. The van der Waals surface area contributed by atoms with E-state index in [-0.39, 0.29) is 16.7 Å². The molecule has 1 saturated carbocycles. The van der Waals surface area contributed by atoms with Crippen LogP contribution < -0.4 is 9.62 Å². The number of nitrogens with one attached hydrogen (secondary N) is 1. The Bertz CT molecular complexity index is 1010. The lowest BCUT2D eigenvalue weighted by Crippen LogP contribution is -2.36. The van der Waals surface area contributed by atoms with Crippen LogP contribution >= 0.6 is 0 Å². The van der Waals surface area contributed by atoms with Crippen molar-refractivity contribution in [3.8, 4) is 0 Å². The van der Waals surface area contributed by atoms with Crippen LogP contribution in [0.5, 0.6) is 0 Å². The molecular formula is C21H24N2O3S. The van der Waals surface area contributed by atoms with Gasteiger partial charge in [-0.3, -0.25) is 9.52 Å². The molecule has 2 aromatic carbocycles. The number of nitrogens with zero attached hydrogens (tertiary/aromatic N) is 1. The van der Waals surface area contributed by atoms with Gasteiger partial charge >= 0.3 is 0 Å². The van der Waals surface area contributed by atoms with Gasteiger partial charge in [0.1, 0.15) is 0 Å². The van der Waals surface area contributed by atoms with Crippen LogP contribution in [0.25, 0.3) is 0 Å². The largest absolute Gasteiger partial charge is 0.312 e. The average molecular weight is 385 g/mol. The minimum Gasteiger partial charge on any atom is -0.312 e. The lowest BCUT2D eigenvalue weighted by molar-refractivity contribution is -0.119. The van der Waals surface area contributed by atoms with Gasteiger partial charge in [-0.2, -0.15) is 0 Å². The Labute approximate surface area is 160 Å². The zero-order chi connectivity index (χ0) is 19.2. The maximum atomic E-state index is 12.9. The molecule has 2 aliphatic rings. The van der Waals surface area contributed by atoms with E-state index in [2.05, 4.69) is 4.72 Å². The summed E-state index contributed by atoms with van der Waals surface area (Å²) in [4.78, 5) is 14.7. The van der Waals surface area contributed by atoms with Crippen molar-refractivity contribution in [3.05, 3.63) is 53.1 Å². The van der Waals surface area contributed by atoms with Gasteiger partial charge in [-0.1, -0.05) is 18.2 Å². The number of carbonyl (C=O) groups is 1. The third-order valence-electron chi connectivity index (χ3n) is 5.49. The second kappa shape index (κ2) is 6.68. The van der Waals surface area contributed by atoms with Crippen molar-refractivity contribution in [2.75, 3.05) is 16.2 Å². The Balaban J connectivity index is 1.66. The van der Waals surface area contributed by atoms with Gasteiger partial charge in [0.2, 0.25) is 5.91 Å². The molecule has 1 N–H and O–H groups in total. The van der Waals surface area contributed by atoms with Crippen molar-refractivity contribution >= 4 is 27.3 Å². The lowest BCUT2D eigenvalue weighted by atomic mass is 10.0. The number of carbonyl (C=O) groups excluding carboxylic acids is 1.